The number of carbonyl (C=O) groups excluding carboxylic acids is 1. The van der Waals surface area contributed by atoms with E-state index in [1.807, 2.05) is 35.1 Å². The number of nitrogens with zero attached hydrogens (tertiary/aromatic N) is 2. The van der Waals surface area contributed by atoms with E-state index in [-0.39, 0.29) is 43.6 Å². The van der Waals surface area contributed by atoms with Crippen molar-refractivity contribution in [2.45, 2.75) is 38.5 Å². The molecule has 1 aliphatic rings. The molecule has 0 spiro atoms. The molecule has 1 aromatic heterocycles. The number of halogens is 1. The van der Waals surface area contributed by atoms with E-state index in [2.05, 4.69) is 6.58 Å². The minimum atomic E-state index is -0.692. The topological polar surface area (TPSA) is 62.2 Å². The second-order valence-corrected chi connectivity index (χ2v) is 9.44. The lowest BCUT2D eigenvalue weighted by Crippen LogP contribution is -2.48. The van der Waals surface area contributed by atoms with Crippen molar-refractivity contribution in [1.82, 2.24) is 9.80 Å². The van der Waals surface area contributed by atoms with Gasteiger partial charge in [0.1, 0.15) is 18.2 Å². The number of amides is 1. The smallest absolute Gasteiger partial charge is 0.237 e. The summed E-state index contributed by atoms with van der Waals surface area (Å²) in [5.41, 5.74) is 1.10. The quantitative estimate of drug-likeness (QED) is 0.474. The summed E-state index contributed by atoms with van der Waals surface area (Å²) >= 11 is 1.69. The van der Waals surface area contributed by atoms with Crippen LogP contribution in [0, 0.1) is 5.82 Å². The summed E-state index contributed by atoms with van der Waals surface area (Å²) in [7, 11) is 0. The van der Waals surface area contributed by atoms with Gasteiger partial charge in [-0.2, -0.15) is 0 Å². The normalized spacial score (nSPS) is 16.7. The summed E-state index contributed by atoms with van der Waals surface area (Å²) < 4.78 is 24.7. The van der Waals surface area contributed by atoms with Crippen LogP contribution in [0.15, 0.2) is 48.4 Å². The number of aliphatic hydroxyl groups excluding tert-OH is 1. The Kier molecular flexibility index (Phi) is 9.43. The summed E-state index contributed by atoms with van der Waals surface area (Å²) in [5, 5.41) is 12.4. The molecule has 1 N–H and O–H groups in total. The molecule has 0 aliphatic carbocycles. The van der Waals surface area contributed by atoms with Crippen LogP contribution in [0.1, 0.15) is 30.3 Å². The molecule has 2 heterocycles. The highest BCUT2D eigenvalue weighted by Gasteiger charge is 2.33. The molecule has 0 bridgehead atoms. The summed E-state index contributed by atoms with van der Waals surface area (Å²) in [4.78, 5) is 18.4. The van der Waals surface area contributed by atoms with Gasteiger partial charge in [-0.25, -0.2) is 4.39 Å². The van der Waals surface area contributed by atoms with E-state index >= 15 is 0 Å². The monoisotopic (exact) mass is 476 g/mol. The van der Waals surface area contributed by atoms with Crippen molar-refractivity contribution < 1.29 is 23.8 Å². The lowest BCUT2D eigenvalue weighted by Gasteiger charge is -2.37. The van der Waals surface area contributed by atoms with Crippen LogP contribution >= 0.6 is 11.3 Å². The Labute approximate surface area is 199 Å². The molecule has 8 heteroatoms. The predicted molar refractivity (Wildman–Crippen MR) is 128 cm³/mol. The van der Waals surface area contributed by atoms with Crippen molar-refractivity contribution in [3.8, 4) is 5.75 Å². The maximum absolute atomic E-state index is 13.4. The van der Waals surface area contributed by atoms with E-state index in [0.717, 1.165) is 12.0 Å². The van der Waals surface area contributed by atoms with Crippen LogP contribution in [0.3, 0.4) is 0 Å². The van der Waals surface area contributed by atoms with Crippen LogP contribution in [0.5, 0.6) is 5.75 Å². The van der Waals surface area contributed by atoms with E-state index < -0.39 is 6.10 Å². The van der Waals surface area contributed by atoms with Crippen LogP contribution in [-0.2, 0) is 16.0 Å². The number of aliphatic hydroxyl groups is 1. The molecule has 33 heavy (non-hydrogen) atoms. The van der Waals surface area contributed by atoms with Gasteiger partial charge < -0.3 is 19.5 Å². The zero-order valence-corrected chi connectivity index (χ0v) is 20.1. The van der Waals surface area contributed by atoms with Gasteiger partial charge in [-0.3, -0.25) is 9.69 Å². The molecule has 0 saturated carbocycles. The summed E-state index contributed by atoms with van der Waals surface area (Å²) in [6.45, 7) is 9.69. The van der Waals surface area contributed by atoms with Gasteiger partial charge in [0.05, 0.1) is 31.4 Å². The molecular weight excluding hydrogens is 443 g/mol. The Morgan fingerprint density at radius 2 is 2.12 bits per heavy atom. The highest BCUT2D eigenvalue weighted by Crippen LogP contribution is 2.34. The standard InChI is InChI=1S/C25H33FN2O4S/c1-4-11-27(14-20(29)16-31-18(2)3)15-25(30)28-12-9-24-22(10-13-33-24)23(28)17-32-21-7-5-19(26)6-8-21/h4-8,10,13,18,20,23,29H,1,9,11-12,14-17H2,2-3H3/t20-,23+/m1/s1. The first-order valence-electron chi connectivity index (χ1n) is 11.2. The zero-order valence-electron chi connectivity index (χ0n) is 19.3. The third-order valence-corrected chi connectivity index (χ3v) is 6.47. The first kappa shape index (κ1) is 25.4. The van der Waals surface area contributed by atoms with Gasteiger partial charge in [-0.15, -0.1) is 17.9 Å². The first-order chi connectivity index (χ1) is 15.9. The van der Waals surface area contributed by atoms with Crippen molar-refractivity contribution in [3.63, 3.8) is 0 Å². The van der Waals surface area contributed by atoms with Crippen LogP contribution < -0.4 is 4.74 Å². The van der Waals surface area contributed by atoms with Crippen molar-refractivity contribution in [2.75, 3.05) is 39.4 Å². The minimum Gasteiger partial charge on any atom is -0.491 e. The third kappa shape index (κ3) is 7.37. The maximum Gasteiger partial charge on any atom is 0.237 e. The number of carbonyl (C=O) groups is 1. The molecule has 180 valence electrons. The highest BCUT2D eigenvalue weighted by atomic mass is 32.1. The SMILES string of the molecule is C=CCN(CC(=O)N1CCc2sccc2[C@@H]1COc1ccc(F)cc1)C[C@@H](O)COC(C)C. The number of hydrogen-bond donors (Lipinski definition) is 1. The molecule has 1 amide bonds. The second-order valence-electron chi connectivity index (χ2n) is 8.44. The predicted octanol–water partition coefficient (Wildman–Crippen LogP) is 3.67. The van der Waals surface area contributed by atoms with Gasteiger partial charge in [0.25, 0.3) is 0 Å². The number of rotatable bonds is 12. The molecule has 3 rings (SSSR count). The molecule has 0 saturated heterocycles. The molecule has 1 aliphatic heterocycles. The molecule has 0 fully saturated rings. The molecule has 2 atom stereocenters. The van der Waals surface area contributed by atoms with Crippen molar-refractivity contribution in [1.29, 1.82) is 0 Å². The molecule has 6 nitrogen and oxygen atoms in total. The summed E-state index contributed by atoms with van der Waals surface area (Å²) in [6, 6.07) is 7.72. The van der Waals surface area contributed by atoms with Gasteiger partial charge in [0.2, 0.25) is 5.91 Å². The molecule has 0 radical (unpaired) electrons. The van der Waals surface area contributed by atoms with Gasteiger partial charge in [-0.05, 0) is 61.5 Å². The number of fused-ring (bicyclic) bond motifs is 1. The van der Waals surface area contributed by atoms with Gasteiger partial charge in [-0.1, -0.05) is 6.08 Å². The first-order valence-corrected chi connectivity index (χ1v) is 12.1. The second kappa shape index (κ2) is 12.3. The van der Waals surface area contributed by atoms with Gasteiger partial charge in [0, 0.05) is 24.5 Å². The summed E-state index contributed by atoms with van der Waals surface area (Å²) in [6.07, 6.45) is 1.87. The van der Waals surface area contributed by atoms with E-state index in [9.17, 15) is 14.3 Å². The van der Waals surface area contributed by atoms with Gasteiger partial charge >= 0.3 is 0 Å². The van der Waals surface area contributed by atoms with Crippen molar-refractivity contribution in [3.05, 3.63) is 64.6 Å². The van der Waals surface area contributed by atoms with Crippen LogP contribution in [0.25, 0.3) is 0 Å². The summed E-state index contributed by atoms with van der Waals surface area (Å²) in [5.74, 6) is 0.214. The molecule has 0 unspecified atom stereocenters. The fourth-order valence-corrected chi connectivity index (χ4v) is 4.83. The highest BCUT2D eigenvalue weighted by molar-refractivity contribution is 7.10. The minimum absolute atomic E-state index is 0.0293. The van der Waals surface area contributed by atoms with E-state index in [1.54, 1.807) is 29.5 Å². The van der Waals surface area contributed by atoms with E-state index in [0.29, 0.717) is 25.4 Å². The number of benzene rings is 1. The van der Waals surface area contributed by atoms with Crippen molar-refractivity contribution >= 4 is 17.2 Å². The largest absolute Gasteiger partial charge is 0.491 e. The molecule has 2 aromatic rings. The fourth-order valence-electron chi connectivity index (χ4n) is 3.90. The van der Waals surface area contributed by atoms with E-state index in [1.165, 1.54) is 17.0 Å². The molecule has 1 aromatic carbocycles. The lowest BCUT2D eigenvalue weighted by atomic mass is 10.0. The van der Waals surface area contributed by atoms with Crippen LogP contribution in [0.4, 0.5) is 4.39 Å². The Bertz CT molecular complexity index is 902. The maximum atomic E-state index is 13.4. The zero-order chi connectivity index (χ0) is 23.8. The average molecular weight is 477 g/mol. The number of hydrogen-bond acceptors (Lipinski definition) is 6. The number of ether oxygens (including phenoxy) is 2. The van der Waals surface area contributed by atoms with Crippen LogP contribution in [-0.4, -0.2) is 72.4 Å². The van der Waals surface area contributed by atoms with Crippen LogP contribution in [0.2, 0.25) is 0 Å². The number of thiophene rings is 1. The Morgan fingerprint density at radius 1 is 1.36 bits per heavy atom. The lowest BCUT2D eigenvalue weighted by molar-refractivity contribution is -0.136. The Balaban J connectivity index is 1.67. The van der Waals surface area contributed by atoms with E-state index in [4.69, 9.17) is 9.47 Å². The fraction of sp³-hybridized carbons (Fsp3) is 0.480. The molecular formula is C25H33FN2O4S. The Hall–Kier alpha value is -2.26. The van der Waals surface area contributed by atoms with Gasteiger partial charge in [0.15, 0.2) is 0 Å². The van der Waals surface area contributed by atoms with Crippen molar-refractivity contribution in [2.24, 2.45) is 0 Å². The Morgan fingerprint density at radius 3 is 2.82 bits per heavy atom. The third-order valence-electron chi connectivity index (χ3n) is 5.47. The average Bonchev–Trinajstić information content (AvgIpc) is 3.26.